The molecule has 2 heterocycles. The van der Waals surface area contributed by atoms with E-state index in [1.165, 1.54) is 6.92 Å². The van der Waals surface area contributed by atoms with E-state index in [2.05, 4.69) is 10.6 Å². The summed E-state index contributed by atoms with van der Waals surface area (Å²) < 4.78 is 1.97. The topological polar surface area (TPSA) is 80.2 Å². The molecule has 4 rings (SSSR count). The number of hydrogen-bond donors (Lipinski definition) is 2. The number of benzene rings is 2. The number of rotatable bonds is 3. The molecule has 0 unspecified atom stereocenters. The molecular formula is C20H17N3O3. The van der Waals surface area contributed by atoms with Crippen LogP contribution in [0.3, 0.4) is 0 Å². The van der Waals surface area contributed by atoms with Crippen molar-refractivity contribution in [2.24, 2.45) is 0 Å². The maximum absolute atomic E-state index is 12.7. The Labute approximate surface area is 149 Å². The average Bonchev–Trinajstić information content (AvgIpc) is 3.03. The molecule has 3 aromatic rings. The molecule has 0 saturated heterocycles. The quantitative estimate of drug-likeness (QED) is 0.764. The minimum atomic E-state index is -0.440. The minimum absolute atomic E-state index is 0.127. The van der Waals surface area contributed by atoms with E-state index in [0.717, 1.165) is 24.0 Å². The molecule has 26 heavy (non-hydrogen) atoms. The highest BCUT2D eigenvalue weighted by Crippen LogP contribution is 2.24. The van der Waals surface area contributed by atoms with Crippen molar-refractivity contribution < 1.29 is 9.59 Å². The van der Waals surface area contributed by atoms with Gasteiger partial charge in [0.15, 0.2) is 0 Å². The average molecular weight is 347 g/mol. The van der Waals surface area contributed by atoms with Crippen LogP contribution in [0, 0.1) is 0 Å². The number of carbonyl (C=O) groups is 2. The normalized spacial score (nSPS) is 12.2. The second kappa shape index (κ2) is 6.15. The molecule has 130 valence electrons. The van der Waals surface area contributed by atoms with Crippen molar-refractivity contribution in [3.8, 4) is 0 Å². The van der Waals surface area contributed by atoms with E-state index in [1.54, 1.807) is 36.5 Å². The van der Waals surface area contributed by atoms with Gasteiger partial charge >= 0.3 is 0 Å². The van der Waals surface area contributed by atoms with Crippen molar-refractivity contribution in [1.82, 2.24) is 4.57 Å². The van der Waals surface area contributed by atoms with Gasteiger partial charge in [-0.25, -0.2) is 0 Å². The molecule has 2 amide bonds. The Morgan fingerprint density at radius 2 is 1.69 bits per heavy atom. The van der Waals surface area contributed by atoms with Crippen molar-refractivity contribution in [3.05, 3.63) is 70.0 Å². The third kappa shape index (κ3) is 2.75. The Morgan fingerprint density at radius 1 is 1.00 bits per heavy atom. The van der Waals surface area contributed by atoms with Gasteiger partial charge < -0.3 is 15.2 Å². The van der Waals surface area contributed by atoms with Crippen LogP contribution in [0.15, 0.2) is 53.5 Å². The Balaban J connectivity index is 1.64. The summed E-state index contributed by atoms with van der Waals surface area (Å²) in [6.45, 7) is 2.19. The number of nitrogens with one attached hydrogen (secondary N) is 2. The summed E-state index contributed by atoms with van der Waals surface area (Å²) in [5, 5.41) is 5.99. The summed E-state index contributed by atoms with van der Waals surface area (Å²) in [5.74, 6) is -0.603. The number of pyridine rings is 1. The standard InChI is InChI=1S/C20H17N3O3/c1-12(24)21-14-5-7-15(8-6-14)22-20(26)17-11-23-10-9-13-3-2-4-16(18(13)23)19(17)25/h2-8,11H,9-10H2,1H3,(H,21,24)(H,22,26). The third-order valence-corrected chi connectivity index (χ3v) is 4.51. The fraction of sp³-hybridized carbons (Fsp3) is 0.150. The molecule has 2 aromatic carbocycles. The third-order valence-electron chi connectivity index (χ3n) is 4.51. The lowest BCUT2D eigenvalue weighted by Gasteiger charge is -2.10. The number of aryl methyl sites for hydroxylation is 2. The van der Waals surface area contributed by atoms with Crippen LogP contribution >= 0.6 is 0 Å². The van der Waals surface area contributed by atoms with E-state index >= 15 is 0 Å². The highest BCUT2D eigenvalue weighted by atomic mass is 16.2. The molecule has 1 aliphatic heterocycles. The molecule has 0 aliphatic carbocycles. The zero-order valence-electron chi connectivity index (χ0n) is 14.2. The van der Waals surface area contributed by atoms with Crippen LogP contribution in [0.1, 0.15) is 22.8 Å². The van der Waals surface area contributed by atoms with Gasteiger partial charge in [-0.1, -0.05) is 12.1 Å². The van der Waals surface area contributed by atoms with Crippen LogP contribution in [0.2, 0.25) is 0 Å². The molecule has 0 atom stereocenters. The molecular weight excluding hydrogens is 330 g/mol. The van der Waals surface area contributed by atoms with Crippen LogP contribution < -0.4 is 16.1 Å². The Bertz CT molecular complexity index is 1100. The van der Waals surface area contributed by atoms with E-state index in [-0.39, 0.29) is 16.9 Å². The number of para-hydroxylation sites is 1. The summed E-state index contributed by atoms with van der Waals surface area (Å²) in [5.41, 5.74) is 3.13. The van der Waals surface area contributed by atoms with Gasteiger partial charge in [0, 0.05) is 36.4 Å². The summed E-state index contributed by atoms with van der Waals surface area (Å²) in [6.07, 6.45) is 2.51. The molecule has 0 radical (unpaired) electrons. The number of aromatic nitrogens is 1. The fourth-order valence-corrected chi connectivity index (χ4v) is 3.36. The van der Waals surface area contributed by atoms with Gasteiger partial charge in [-0.05, 0) is 42.3 Å². The first-order valence-electron chi connectivity index (χ1n) is 8.37. The number of nitrogens with zero attached hydrogens (tertiary/aromatic N) is 1. The molecule has 0 bridgehead atoms. The number of anilines is 2. The van der Waals surface area contributed by atoms with Crippen LogP contribution in [0.25, 0.3) is 10.9 Å². The van der Waals surface area contributed by atoms with Crippen LogP contribution in [0.4, 0.5) is 11.4 Å². The van der Waals surface area contributed by atoms with E-state index in [9.17, 15) is 14.4 Å². The van der Waals surface area contributed by atoms with Crippen LogP contribution in [0.5, 0.6) is 0 Å². The first-order chi connectivity index (χ1) is 12.5. The second-order valence-electron chi connectivity index (χ2n) is 6.34. The fourth-order valence-electron chi connectivity index (χ4n) is 3.36. The van der Waals surface area contributed by atoms with Crippen LogP contribution in [-0.2, 0) is 17.8 Å². The van der Waals surface area contributed by atoms with E-state index in [0.29, 0.717) is 16.8 Å². The second-order valence-corrected chi connectivity index (χ2v) is 6.34. The maximum atomic E-state index is 12.7. The summed E-state index contributed by atoms with van der Waals surface area (Å²) >= 11 is 0. The largest absolute Gasteiger partial charge is 0.346 e. The Kier molecular flexibility index (Phi) is 3.80. The lowest BCUT2D eigenvalue weighted by molar-refractivity contribution is -0.114. The molecule has 0 fully saturated rings. The predicted molar refractivity (Wildman–Crippen MR) is 101 cm³/mol. The van der Waals surface area contributed by atoms with E-state index in [4.69, 9.17) is 0 Å². The number of amides is 2. The van der Waals surface area contributed by atoms with Gasteiger partial charge in [-0.2, -0.15) is 0 Å². The van der Waals surface area contributed by atoms with E-state index < -0.39 is 5.91 Å². The Morgan fingerprint density at radius 3 is 2.38 bits per heavy atom. The van der Waals surface area contributed by atoms with E-state index in [1.807, 2.05) is 16.7 Å². The first-order valence-corrected chi connectivity index (χ1v) is 8.37. The first kappa shape index (κ1) is 16.1. The lowest BCUT2D eigenvalue weighted by atomic mass is 10.1. The zero-order chi connectivity index (χ0) is 18.3. The molecule has 0 saturated carbocycles. The number of carbonyl (C=O) groups excluding carboxylic acids is 2. The van der Waals surface area contributed by atoms with Gasteiger partial charge in [0.25, 0.3) is 5.91 Å². The smallest absolute Gasteiger partial charge is 0.261 e. The van der Waals surface area contributed by atoms with Gasteiger partial charge in [0.1, 0.15) is 5.56 Å². The van der Waals surface area contributed by atoms with Gasteiger partial charge in [0.05, 0.1) is 5.52 Å². The highest BCUT2D eigenvalue weighted by Gasteiger charge is 2.20. The summed E-state index contributed by atoms with van der Waals surface area (Å²) in [4.78, 5) is 36.4. The predicted octanol–water partition coefficient (Wildman–Crippen LogP) is 2.77. The van der Waals surface area contributed by atoms with Crippen molar-refractivity contribution in [2.75, 3.05) is 10.6 Å². The number of hydrogen-bond acceptors (Lipinski definition) is 3. The zero-order valence-corrected chi connectivity index (χ0v) is 14.2. The van der Waals surface area contributed by atoms with Crippen molar-refractivity contribution in [2.45, 2.75) is 19.9 Å². The molecule has 6 heteroatoms. The molecule has 1 aromatic heterocycles. The van der Waals surface area contributed by atoms with Crippen LogP contribution in [-0.4, -0.2) is 16.4 Å². The maximum Gasteiger partial charge on any atom is 0.261 e. The lowest BCUT2D eigenvalue weighted by Crippen LogP contribution is -2.23. The summed E-state index contributed by atoms with van der Waals surface area (Å²) in [6, 6.07) is 12.4. The molecule has 6 nitrogen and oxygen atoms in total. The molecule has 2 N–H and O–H groups in total. The molecule has 1 aliphatic rings. The minimum Gasteiger partial charge on any atom is -0.346 e. The summed E-state index contributed by atoms with van der Waals surface area (Å²) in [7, 11) is 0. The van der Waals surface area contributed by atoms with Gasteiger partial charge in [-0.3, -0.25) is 14.4 Å². The van der Waals surface area contributed by atoms with Crippen molar-refractivity contribution >= 4 is 34.1 Å². The highest BCUT2D eigenvalue weighted by molar-refractivity contribution is 6.06. The SMILES string of the molecule is CC(=O)Nc1ccc(NC(=O)c2cn3c4c(cccc4c2=O)CC3)cc1. The van der Waals surface area contributed by atoms with Gasteiger partial charge in [0.2, 0.25) is 11.3 Å². The molecule has 0 spiro atoms. The van der Waals surface area contributed by atoms with Gasteiger partial charge in [-0.15, -0.1) is 0 Å². The monoisotopic (exact) mass is 347 g/mol. The Hall–Kier alpha value is -3.41. The van der Waals surface area contributed by atoms with Crippen molar-refractivity contribution in [1.29, 1.82) is 0 Å². The van der Waals surface area contributed by atoms with Crippen molar-refractivity contribution in [3.63, 3.8) is 0 Å².